The molecule has 0 amide bonds. The summed E-state index contributed by atoms with van der Waals surface area (Å²) in [7, 11) is 0. The molecule has 0 heterocycles. The molecule has 1 aliphatic rings. The molecule has 4 N–H and O–H groups in total. The van der Waals surface area contributed by atoms with Crippen molar-refractivity contribution in [1.82, 2.24) is 5.32 Å². The number of unbranched alkanes of at least 4 members (excludes halogenated alkanes) is 1. The number of nitrogens with one attached hydrogen (secondary N) is 1. The molecule has 1 saturated carbocycles. The van der Waals surface area contributed by atoms with Gasteiger partial charge in [0.05, 0.1) is 18.8 Å². The first-order valence-electron chi connectivity index (χ1n) is 9.65. The highest BCUT2D eigenvalue weighted by atomic mass is 32.1. The average molecular weight is 408 g/mol. The van der Waals surface area contributed by atoms with E-state index in [1.54, 1.807) is 0 Å². The number of carboxylic acids is 1. The molecule has 0 unspecified atom stereocenters. The second-order valence-corrected chi connectivity index (χ2v) is 7.50. The number of aliphatic hydroxyl groups is 2. The summed E-state index contributed by atoms with van der Waals surface area (Å²) in [5.74, 6) is -1.10. The van der Waals surface area contributed by atoms with Crippen molar-refractivity contribution in [2.45, 2.75) is 50.9 Å². The highest BCUT2D eigenvalue weighted by Crippen LogP contribution is 2.35. The van der Waals surface area contributed by atoms with Crippen LogP contribution >= 0.6 is 12.2 Å². The molecule has 1 fully saturated rings. The van der Waals surface area contributed by atoms with Gasteiger partial charge >= 0.3 is 5.97 Å². The van der Waals surface area contributed by atoms with E-state index in [1.807, 2.05) is 42.5 Å². The first-order chi connectivity index (χ1) is 13.5. The molecule has 154 valence electrons. The number of aliphatic hydroxyl groups excluding tert-OH is 2. The molecular formula is C21H29NO5S. The summed E-state index contributed by atoms with van der Waals surface area (Å²) < 4.78 is 5.63. The van der Waals surface area contributed by atoms with E-state index in [9.17, 15) is 15.0 Å². The van der Waals surface area contributed by atoms with Gasteiger partial charge in [-0.3, -0.25) is 4.79 Å². The van der Waals surface area contributed by atoms with Gasteiger partial charge in [0.1, 0.15) is 0 Å². The maximum atomic E-state index is 10.5. The maximum Gasteiger partial charge on any atom is 0.303 e. The Morgan fingerprint density at radius 1 is 1.18 bits per heavy atom. The summed E-state index contributed by atoms with van der Waals surface area (Å²) in [5, 5.41) is 32.5. The van der Waals surface area contributed by atoms with Crippen molar-refractivity contribution in [3.63, 3.8) is 0 Å². The molecule has 6 nitrogen and oxygen atoms in total. The summed E-state index contributed by atoms with van der Waals surface area (Å²) >= 11 is 5.21. The van der Waals surface area contributed by atoms with Crippen LogP contribution in [0.25, 0.3) is 0 Å². The van der Waals surface area contributed by atoms with Gasteiger partial charge < -0.3 is 25.4 Å². The third-order valence-electron chi connectivity index (χ3n) is 5.04. The SMILES string of the molecule is O=C(O)CCC/C=C\C[C@@H]1[C@@H](COC(=S)NCc2ccccc2)[C@H](O)C[C@H]1O. The minimum absolute atomic E-state index is 0.109. The van der Waals surface area contributed by atoms with Gasteiger partial charge in [0.2, 0.25) is 0 Å². The summed E-state index contributed by atoms with van der Waals surface area (Å²) in [6.07, 6.45) is 5.05. The van der Waals surface area contributed by atoms with Crippen LogP contribution < -0.4 is 5.32 Å². The van der Waals surface area contributed by atoms with E-state index in [2.05, 4.69) is 5.32 Å². The molecule has 0 saturated heterocycles. The fraction of sp³-hybridized carbons (Fsp3) is 0.524. The summed E-state index contributed by atoms with van der Waals surface area (Å²) in [4.78, 5) is 10.5. The zero-order chi connectivity index (χ0) is 20.4. The molecule has 1 aliphatic carbocycles. The predicted octanol–water partition coefficient (Wildman–Crippen LogP) is 2.64. The Bertz CT molecular complexity index is 651. The molecule has 0 radical (unpaired) electrons. The molecule has 1 aromatic rings. The molecule has 1 aromatic carbocycles. The van der Waals surface area contributed by atoms with Gasteiger partial charge in [-0.25, -0.2) is 0 Å². The number of allylic oxidation sites excluding steroid dienone is 2. The number of rotatable bonds is 10. The van der Waals surface area contributed by atoms with Gasteiger partial charge in [-0.05, 0) is 49.4 Å². The Morgan fingerprint density at radius 3 is 2.61 bits per heavy atom. The van der Waals surface area contributed by atoms with Crippen LogP contribution in [0, 0.1) is 11.8 Å². The molecule has 7 heteroatoms. The number of ether oxygens (including phenoxy) is 1. The van der Waals surface area contributed by atoms with E-state index in [0.29, 0.717) is 32.2 Å². The summed E-state index contributed by atoms with van der Waals surface area (Å²) in [5.41, 5.74) is 1.09. The van der Waals surface area contributed by atoms with E-state index in [0.717, 1.165) is 5.56 Å². The third-order valence-corrected chi connectivity index (χ3v) is 5.31. The molecule has 28 heavy (non-hydrogen) atoms. The number of carbonyl (C=O) groups is 1. The Hall–Kier alpha value is -1.96. The highest BCUT2D eigenvalue weighted by molar-refractivity contribution is 7.80. The lowest BCUT2D eigenvalue weighted by atomic mass is 9.91. The number of aliphatic carboxylic acids is 1. The van der Waals surface area contributed by atoms with Crippen molar-refractivity contribution in [3.05, 3.63) is 48.0 Å². The van der Waals surface area contributed by atoms with Crippen LogP contribution in [0.3, 0.4) is 0 Å². The maximum absolute atomic E-state index is 10.5. The lowest BCUT2D eigenvalue weighted by molar-refractivity contribution is -0.137. The van der Waals surface area contributed by atoms with Crippen LogP contribution in [0.4, 0.5) is 0 Å². The van der Waals surface area contributed by atoms with Gasteiger partial charge in [-0.2, -0.15) is 0 Å². The fourth-order valence-corrected chi connectivity index (χ4v) is 3.61. The van der Waals surface area contributed by atoms with E-state index in [4.69, 9.17) is 22.1 Å². The Kier molecular flexibility index (Phi) is 9.40. The van der Waals surface area contributed by atoms with Crippen LogP contribution in [0.2, 0.25) is 0 Å². The molecule has 4 atom stereocenters. The zero-order valence-electron chi connectivity index (χ0n) is 15.9. The van der Waals surface area contributed by atoms with Crippen LogP contribution in [-0.4, -0.2) is 45.3 Å². The van der Waals surface area contributed by atoms with Crippen LogP contribution in [-0.2, 0) is 16.1 Å². The van der Waals surface area contributed by atoms with Gasteiger partial charge in [0.25, 0.3) is 5.17 Å². The third kappa shape index (κ3) is 7.58. The van der Waals surface area contributed by atoms with Crippen molar-refractivity contribution in [3.8, 4) is 0 Å². The normalized spacial score (nSPS) is 24.4. The van der Waals surface area contributed by atoms with Crippen molar-refractivity contribution in [2.75, 3.05) is 6.61 Å². The zero-order valence-corrected chi connectivity index (χ0v) is 16.7. The Labute approximate surface area is 171 Å². The van der Waals surface area contributed by atoms with Gasteiger partial charge in [-0.15, -0.1) is 0 Å². The topological polar surface area (TPSA) is 99.0 Å². The smallest absolute Gasteiger partial charge is 0.303 e. The molecule has 0 aliphatic heterocycles. The van der Waals surface area contributed by atoms with Crippen molar-refractivity contribution < 1.29 is 24.9 Å². The monoisotopic (exact) mass is 407 g/mol. The van der Waals surface area contributed by atoms with Crippen molar-refractivity contribution in [1.29, 1.82) is 0 Å². The lowest BCUT2D eigenvalue weighted by Crippen LogP contribution is -2.31. The average Bonchev–Trinajstić information content (AvgIpc) is 2.94. The number of hydrogen-bond donors (Lipinski definition) is 4. The van der Waals surface area contributed by atoms with Crippen LogP contribution in [0.1, 0.15) is 37.7 Å². The quantitative estimate of drug-likeness (QED) is 0.269. The number of benzene rings is 1. The van der Waals surface area contributed by atoms with E-state index >= 15 is 0 Å². The van der Waals surface area contributed by atoms with E-state index in [1.165, 1.54) is 0 Å². The Morgan fingerprint density at radius 2 is 1.89 bits per heavy atom. The molecule has 2 rings (SSSR count). The minimum Gasteiger partial charge on any atom is -0.481 e. The fourth-order valence-electron chi connectivity index (χ4n) is 3.47. The number of thiocarbonyl (C=S) groups is 1. The minimum atomic E-state index is -0.795. The summed E-state index contributed by atoms with van der Waals surface area (Å²) in [6, 6.07) is 9.84. The molecule has 0 bridgehead atoms. The highest BCUT2D eigenvalue weighted by Gasteiger charge is 2.41. The second-order valence-electron chi connectivity index (χ2n) is 7.13. The first-order valence-corrected chi connectivity index (χ1v) is 10.1. The van der Waals surface area contributed by atoms with Crippen molar-refractivity contribution >= 4 is 23.4 Å². The van der Waals surface area contributed by atoms with Crippen LogP contribution in [0.15, 0.2) is 42.5 Å². The summed E-state index contributed by atoms with van der Waals surface area (Å²) in [6.45, 7) is 0.814. The molecule has 0 spiro atoms. The number of hydrogen-bond acceptors (Lipinski definition) is 5. The molecule has 0 aromatic heterocycles. The van der Waals surface area contributed by atoms with Gasteiger partial charge in [-0.1, -0.05) is 42.5 Å². The molecular weight excluding hydrogens is 378 g/mol. The van der Waals surface area contributed by atoms with Gasteiger partial charge in [0.15, 0.2) is 0 Å². The van der Waals surface area contributed by atoms with Crippen LogP contribution in [0.5, 0.6) is 0 Å². The lowest BCUT2D eigenvalue weighted by Gasteiger charge is -2.23. The van der Waals surface area contributed by atoms with E-state index in [-0.39, 0.29) is 30.0 Å². The van der Waals surface area contributed by atoms with E-state index < -0.39 is 18.2 Å². The van der Waals surface area contributed by atoms with Gasteiger partial charge in [0, 0.05) is 18.9 Å². The van der Waals surface area contributed by atoms with Crippen molar-refractivity contribution in [2.24, 2.45) is 11.8 Å². The second kappa shape index (κ2) is 11.8. The first kappa shape index (κ1) is 22.3. The largest absolute Gasteiger partial charge is 0.481 e. The predicted molar refractivity (Wildman–Crippen MR) is 111 cm³/mol. The number of carboxylic acid groups (broad SMARTS) is 1. The Balaban J connectivity index is 1.75. The standard InChI is InChI=1S/C21H29NO5S/c23-18-12-19(24)17(16(18)10-6-1-2-7-11-20(25)26)14-27-21(28)22-13-15-8-4-3-5-9-15/h1,3-6,8-9,16-19,23-24H,2,7,10-14H2,(H,22,28)(H,25,26)/b6-1-/t16-,17-,18-,19-/m1/s1.